The van der Waals surface area contributed by atoms with Gasteiger partial charge in [-0.3, -0.25) is 9.69 Å². The van der Waals surface area contributed by atoms with Crippen molar-refractivity contribution in [2.24, 2.45) is 0 Å². The zero-order valence-electron chi connectivity index (χ0n) is 20.6. The van der Waals surface area contributed by atoms with E-state index in [0.717, 1.165) is 19.3 Å². The number of amides is 1. The largest absolute Gasteiger partial charge is 0.462 e. The maximum atomic E-state index is 13.2. The molecule has 188 valence electrons. The van der Waals surface area contributed by atoms with Crippen molar-refractivity contribution in [1.29, 1.82) is 0 Å². The Morgan fingerprint density at radius 2 is 1.43 bits per heavy atom. The summed E-state index contributed by atoms with van der Waals surface area (Å²) in [7, 11) is -4.11. The van der Waals surface area contributed by atoms with Gasteiger partial charge in [0, 0.05) is 18.8 Å². The predicted octanol–water partition coefficient (Wildman–Crippen LogP) is 6.20. The quantitative estimate of drug-likeness (QED) is 0.134. The summed E-state index contributed by atoms with van der Waals surface area (Å²) in [6, 6.07) is 16.7. The molecule has 2 aromatic rings. The molecule has 0 atom stereocenters. The van der Waals surface area contributed by atoms with E-state index in [9.17, 15) is 18.0 Å². The summed E-state index contributed by atoms with van der Waals surface area (Å²) >= 11 is 0. The molecule has 7 heteroatoms. The van der Waals surface area contributed by atoms with E-state index in [4.69, 9.17) is 4.74 Å². The first-order valence-corrected chi connectivity index (χ1v) is 13.6. The summed E-state index contributed by atoms with van der Waals surface area (Å²) in [6.07, 6.45) is 11.4. The standard InChI is InChI=1S/C28H35NO5S/c1-3-4-5-6-7-8-15-23-34-28(31)27(35(32,33)26-19-13-10-14-20-26)21-16-22-29(24(2)30)25-17-11-9-12-18-25/h9-14,16-22H,3-8,15,23H2,1-2H3/b22-16+,27-21+. The lowest BCUT2D eigenvalue weighted by molar-refractivity contribution is -0.138. The fourth-order valence-electron chi connectivity index (χ4n) is 3.47. The summed E-state index contributed by atoms with van der Waals surface area (Å²) in [4.78, 5) is 25.8. The van der Waals surface area contributed by atoms with Gasteiger partial charge in [0.1, 0.15) is 0 Å². The first kappa shape index (κ1) is 28.1. The van der Waals surface area contributed by atoms with Crippen LogP contribution < -0.4 is 4.90 Å². The van der Waals surface area contributed by atoms with Crippen molar-refractivity contribution in [2.45, 2.75) is 63.7 Å². The second-order valence-corrected chi connectivity index (χ2v) is 10.1. The number of allylic oxidation sites excluding steroid dienone is 2. The van der Waals surface area contributed by atoms with Crippen LogP contribution in [0.15, 0.2) is 88.8 Å². The molecule has 0 aliphatic carbocycles. The highest BCUT2D eigenvalue weighted by atomic mass is 32.2. The van der Waals surface area contributed by atoms with Crippen molar-refractivity contribution in [1.82, 2.24) is 0 Å². The molecule has 0 radical (unpaired) electrons. The van der Waals surface area contributed by atoms with E-state index in [-0.39, 0.29) is 17.4 Å². The Hall–Kier alpha value is -3.19. The molecule has 0 bridgehead atoms. The minimum Gasteiger partial charge on any atom is -0.462 e. The lowest BCUT2D eigenvalue weighted by Gasteiger charge is -2.16. The fourth-order valence-corrected chi connectivity index (χ4v) is 4.77. The zero-order valence-corrected chi connectivity index (χ0v) is 21.4. The number of carbonyl (C=O) groups excluding carboxylic acids is 2. The topological polar surface area (TPSA) is 80.8 Å². The molecule has 6 nitrogen and oxygen atoms in total. The third-order valence-corrected chi connectivity index (χ3v) is 7.16. The van der Waals surface area contributed by atoms with Gasteiger partial charge < -0.3 is 4.74 Å². The number of sulfone groups is 1. The monoisotopic (exact) mass is 497 g/mol. The molecular weight excluding hydrogens is 462 g/mol. The predicted molar refractivity (Wildman–Crippen MR) is 139 cm³/mol. The third kappa shape index (κ3) is 9.17. The van der Waals surface area contributed by atoms with Gasteiger partial charge in [0.2, 0.25) is 15.7 Å². The maximum Gasteiger partial charge on any atom is 0.350 e. The first-order chi connectivity index (χ1) is 16.9. The normalized spacial score (nSPS) is 12.0. The summed E-state index contributed by atoms with van der Waals surface area (Å²) in [5.41, 5.74) is 0.624. The number of hydrogen-bond acceptors (Lipinski definition) is 5. The second kappa shape index (κ2) is 14.9. The van der Waals surface area contributed by atoms with Gasteiger partial charge in [-0.2, -0.15) is 0 Å². The number of anilines is 1. The summed E-state index contributed by atoms with van der Waals surface area (Å²) in [5, 5.41) is 0. The molecule has 0 unspecified atom stereocenters. The Labute approximate surface area is 209 Å². The second-order valence-electron chi connectivity index (χ2n) is 8.17. The highest BCUT2D eigenvalue weighted by Gasteiger charge is 2.27. The molecule has 0 saturated heterocycles. The van der Waals surface area contributed by atoms with Crippen LogP contribution in [-0.2, 0) is 24.2 Å². The molecule has 0 N–H and O–H groups in total. The number of esters is 1. The van der Waals surface area contributed by atoms with E-state index in [2.05, 4.69) is 6.92 Å². The fraction of sp³-hybridized carbons (Fsp3) is 0.357. The van der Waals surface area contributed by atoms with E-state index in [1.165, 1.54) is 61.6 Å². The van der Waals surface area contributed by atoms with E-state index in [1.54, 1.807) is 42.5 Å². The van der Waals surface area contributed by atoms with Gasteiger partial charge in [0.15, 0.2) is 4.91 Å². The van der Waals surface area contributed by atoms with Crippen LogP contribution in [0.3, 0.4) is 0 Å². The molecule has 35 heavy (non-hydrogen) atoms. The number of unbranched alkanes of at least 4 members (excludes halogenated alkanes) is 6. The van der Waals surface area contributed by atoms with Crippen molar-refractivity contribution < 1.29 is 22.7 Å². The molecule has 0 aromatic heterocycles. The van der Waals surface area contributed by atoms with Gasteiger partial charge in [-0.05, 0) is 42.8 Å². The SMILES string of the molecule is CCCCCCCCCOC(=O)/C(=C\C=C\N(C(C)=O)c1ccccc1)S(=O)(=O)c1ccccc1. The number of hydrogen-bond donors (Lipinski definition) is 0. The van der Waals surface area contributed by atoms with E-state index in [1.807, 2.05) is 6.07 Å². The van der Waals surface area contributed by atoms with E-state index in [0.29, 0.717) is 12.1 Å². The Bertz CT molecular complexity index is 1090. The van der Waals surface area contributed by atoms with Crippen molar-refractivity contribution in [2.75, 3.05) is 11.5 Å². The minimum absolute atomic E-state index is 0.000919. The average Bonchev–Trinajstić information content (AvgIpc) is 2.86. The molecule has 0 spiro atoms. The highest BCUT2D eigenvalue weighted by Crippen LogP contribution is 2.21. The van der Waals surface area contributed by atoms with Gasteiger partial charge in [-0.15, -0.1) is 0 Å². The highest BCUT2D eigenvalue weighted by molar-refractivity contribution is 7.96. The van der Waals surface area contributed by atoms with Gasteiger partial charge in [-0.25, -0.2) is 13.2 Å². The van der Waals surface area contributed by atoms with Gasteiger partial charge in [0.25, 0.3) is 0 Å². The number of para-hydroxylation sites is 1. The lowest BCUT2D eigenvalue weighted by Crippen LogP contribution is -2.21. The van der Waals surface area contributed by atoms with E-state index < -0.39 is 20.7 Å². The van der Waals surface area contributed by atoms with Gasteiger partial charge >= 0.3 is 5.97 Å². The van der Waals surface area contributed by atoms with Crippen LogP contribution in [0.25, 0.3) is 0 Å². The number of rotatable bonds is 14. The third-order valence-electron chi connectivity index (χ3n) is 5.38. The number of nitrogens with zero attached hydrogens (tertiary/aromatic N) is 1. The van der Waals surface area contributed by atoms with Gasteiger partial charge in [-0.1, -0.05) is 81.8 Å². The van der Waals surface area contributed by atoms with Crippen LogP contribution >= 0.6 is 0 Å². The Balaban J connectivity index is 2.18. The zero-order chi connectivity index (χ0) is 25.5. The summed E-state index contributed by atoms with van der Waals surface area (Å²) in [6.45, 7) is 3.73. The molecule has 0 fully saturated rings. The Morgan fingerprint density at radius 3 is 2.03 bits per heavy atom. The number of carbonyl (C=O) groups is 2. The van der Waals surface area contributed by atoms with Crippen molar-refractivity contribution in [3.05, 3.63) is 83.9 Å². The Morgan fingerprint density at radius 1 is 0.857 bits per heavy atom. The van der Waals surface area contributed by atoms with Crippen LogP contribution in [-0.4, -0.2) is 26.9 Å². The molecule has 0 heterocycles. The molecule has 0 aliphatic heterocycles. The Kier molecular flexibility index (Phi) is 12.0. The van der Waals surface area contributed by atoms with Crippen LogP contribution in [0.2, 0.25) is 0 Å². The van der Waals surface area contributed by atoms with Crippen LogP contribution in [0.1, 0.15) is 58.8 Å². The van der Waals surface area contributed by atoms with Crippen molar-refractivity contribution in [3.8, 4) is 0 Å². The number of ether oxygens (including phenoxy) is 1. The lowest BCUT2D eigenvalue weighted by atomic mass is 10.1. The smallest absolute Gasteiger partial charge is 0.350 e. The van der Waals surface area contributed by atoms with Crippen LogP contribution in [0, 0.1) is 0 Å². The van der Waals surface area contributed by atoms with Crippen molar-refractivity contribution in [3.63, 3.8) is 0 Å². The van der Waals surface area contributed by atoms with Crippen molar-refractivity contribution >= 4 is 27.4 Å². The first-order valence-electron chi connectivity index (χ1n) is 12.1. The molecule has 1 amide bonds. The molecule has 2 rings (SSSR count). The average molecular weight is 498 g/mol. The van der Waals surface area contributed by atoms with Gasteiger partial charge in [0.05, 0.1) is 11.5 Å². The summed E-state index contributed by atoms with van der Waals surface area (Å²) in [5.74, 6) is -1.16. The van der Waals surface area contributed by atoms with E-state index >= 15 is 0 Å². The molecular formula is C28H35NO5S. The molecule has 2 aromatic carbocycles. The molecule has 0 aliphatic rings. The maximum absolute atomic E-state index is 13.2. The summed E-state index contributed by atoms with van der Waals surface area (Å²) < 4.78 is 31.7. The minimum atomic E-state index is -4.11. The van der Waals surface area contributed by atoms with Crippen LogP contribution in [0.5, 0.6) is 0 Å². The number of benzene rings is 2. The van der Waals surface area contributed by atoms with Crippen LogP contribution in [0.4, 0.5) is 5.69 Å². The molecule has 0 saturated carbocycles.